The minimum atomic E-state index is -0.0281. The van der Waals surface area contributed by atoms with E-state index in [0.29, 0.717) is 19.6 Å². The maximum Gasteiger partial charge on any atom is 0.238 e. The second-order valence-electron chi connectivity index (χ2n) is 5.67. The van der Waals surface area contributed by atoms with E-state index in [4.69, 9.17) is 4.74 Å². The van der Waals surface area contributed by atoms with Crippen LogP contribution in [0.3, 0.4) is 0 Å². The van der Waals surface area contributed by atoms with Crippen LogP contribution in [0.1, 0.15) is 11.1 Å². The van der Waals surface area contributed by atoms with E-state index in [2.05, 4.69) is 11.9 Å². The Morgan fingerprint density at radius 3 is 2.54 bits per heavy atom. The molecule has 0 saturated carbocycles. The van der Waals surface area contributed by atoms with Crippen LogP contribution >= 0.6 is 0 Å². The van der Waals surface area contributed by atoms with Crippen molar-refractivity contribution < 1.29 is 9.53 Å². The molecule has 0 saturated heterocycles. The summed E-state index contributed by atoms with van der Waals surface area (Å²) in [4.78, 5) is 14.4. The molecule has 4 nitrogen and oxygen atoms in total. The third-order valence-electron chi connectivity index (χ3n) is 3.74. The molecule has 2 aromatic rings. The number of anilines is 1. The van der Waals surface area contributed by atoms with Crippen molar-refractivity contribution in [3.63, 3.8) is 0 Å². The minimum Gasteiger partial charge on any atom is -0.497 e. The number of carbonyl (C=O) groups is 1. The van der Waals surface area contributed by atoms with Crippen molar-refractivity contribution in [1.29, 1.82) is 0 Å². The highest BCUT2D eigenvalue weighted by Crippen LogP contribution is 2.15. The normalized spacial score (nSPS) is 10.5. The van der Waals surface area contributed by atoms with Crippen LogP contribution in [0.5, 0.6) is 5.75 Å². The second-order valence-corrected chi connectivity index (χ2v) is 5.67. The Balaban J connectivity index is 1.97. The Morgan fingerprint density at radius 1 is 1.21 bits per heavy atom. The van der Waals surface area contributed by atoms with E-state index < -0.39 is 0 Å². The zero-order chi connectivity index (χ0) is 17.4. The first-order valence-corrected chi connectivity index (χ1v) is 7.94. The number of nitrogens with one attached hydrogen (secondary N) is 1. The molecule has 24 heavy (non-hydrogen) atoms. The van der Waals surface area contributed by atoms with Gasteiger partial charge in [-0.15, -0.1) is 6.58 Å². The first-order valence-electron chi connectivity index (χ1n) is 7.94. The van der Waals surface area contributed by atoms with Crippen molar-refractivity contribution in [2.75, 3.05) is 25.5 Å². The van der Waals surface area contributed by atoms with E-state index in [0.717, 1.165) is 22.6 Å². The van der Waals surface area contributed by atoms with Crippen molar-refractivity contribution >= 4 is 11.6 Å². The molecule has 0 bridgehead atoms. The largest absolute Gasteiger partial charge is 0.497 e. The summed E-state index contributed by atoms with van der Waals surface area (Å²) in [6.45, 7) is 7.40. The van der Waals surface area contributed by atoms with E-state index in [1.165, 1.54) is 0 Å². The first-order chi connectivity index (χ1) is 11.6. The highest BCUT2D eigenvalue weighted by atomic mass is 16.5. The van der Waals surface area contributed by atoms with Crippen LogP contribution in [-0.4, -0.2) is 31.0 Å². The van der Waals surface area contributed by atoms with Gasteiger partial charge in [-0.25, -0.2) is 0 Å². The van der Waals surface area contributed by atoms with Crippen LogP contribution in [0.2, 0.25) is 0 Å². The predicted octanol–water partition coefficient (Wildman–Crippen LogP) is 3.63. The Hall–Kier alpha value is -2.59. The van der Waals surface area contributed by atoms with Gasteiger partial charge in [-0.05, 0) is 36.2 Å². The lowest BCUT2D eigenvalue weighted by Gasteiger charge is -2.20. The van der Waals surface area contributed by atoms with Crippen LogP contribution in [0.4, 0.5) is 5.69 Å². The number of para-hydroxylation sites is 1. The van der Waals surface area contributed by atoms with Crippen molar-refractivity contribution in [3.8, 4) is 5.75 Å². The number of rotatable bonds is 8. The Kier molecular flexibility index (Phi) is 6.58. The van der Waals surface area contributed by atoms with Crippen LogP contribution in [0.25, 0.3) is 0 Å². The molecule has 0 aromatic heterocycles. The number of aryl methyl sites for hydroxylation is 1. The average molecular weight is 324 g/mol. The minimum absolute atomic E-state index is 0.0281. The van der Waals surface area contributed by atoms with Crippen molar-refractivity contribution in [1.82, 2.24) is 4.90 Å². The number of methoxy groups -OCH3 is 1. The molecule has 4 heteroatoms. The average Bonchev–Trinajstić information content (AvgIpc) is 2.58. The lowest BCUT2D eigenvalue weighted by atomic mass is 10.2. The standard InChI is InChI=1S/C20H24N2O2/c1-4-13-22(14-17-9-11-18(24-3)12-10-17)15-20(23)21-19-8-6-5-7-16(19)2/h4-12H,1,13-15H2,2-3H3,(H,21,23). The topological polar surface area (TPSA) is 41.6 Å². The van der Waals surface area contributed by atoms with E-state index in [-0.39, 0.29) is 5.91 Å². The molecule has 0 aliphatic rings. The number of benzene rings is 2. The molecule has 0 radical (unpaired) electrons. The molecule has 126 valence electrons. The van der Waals surface area contributed by atoms with Crippen LogP contribution in [0.15, 0.2) is 61.2 Å². The summed E-state index contributed by atoms with van der Waals surface area (Å²) in [6.07, 6.45) is 1.81. The molecule has 1 amide bonds. The summed E-state index contributed by atoms with van der Waals surface area (Å²) in [5, 5.41) is 2.97. The van der Waals surface area contributed by atoms with Crippen molar-refractivity contribution in [2.24, 2.45) is 0 Å². The van der Waals surface area contributed by atoms with E-state index in [1.54, 1.807) is 7.11 Å². The number of amides is 1. The third kappa shape index (κ3) is 5.25. The van der Waals surface area contributed by atoms with Crippen LogP contribution in [0, 0.1) is 6.92 Å². The molecule has 1 N–H and O–H groups in total. The number of hydrogen-bond donors (Lipinski definition) is 1. The first kappa shape index (κ1) is 17.8. The molecule has 2 rings (SSSR count). The predicted molar refractivity (Wildman–Crippen MR) is 98.3 cm³/mol. The van der Waals surface area contributed by atoms with Crippen molar-refractivity contribution in [2.45, 2.75) is 13.5 Å². The van der Waals surface area contributed by atoms with E-state index >= 15 is 0 Å². The van der Waals surface area contributed by atoms with E-state index in [9.17, 15) is 4.79 Å². The fraction of sp³-hybridized carbons (Fsp3) is 0.250. The molecule has 0 atom stereocenters. The van der Waals surface area contributed by atoms with Gasteiger partial charge in [-0.1, -0.05) is 36.4 Å². The zero-order valence-electron chi connectivity index (χ0n) is 14.3. The maximum absolute atomic E-state index is 12.3. The quantitative estimate of drug-likeness (QED) is 0.754. The van der Waals surface area contributed by atoms with Gasteiger partial charge in [0.05, 0.1) is 13.7 Å². The number of ether oxygens (including phenoxy) is 1. The lowest BCUT2D eigenvalue weighted by Crippen LogP contribution is -2.33. The van der Waals surface area contributed by atoms with Gasteiger partial charge in [0, 0.05) is 18.8 Å². The van der Waals surface area contributed by atoms with Gasteiger partial charge in [-0.2, -0.15) is 0 Å². The fourth-order valence-corrected chi connectivity index (χ4v) is 2.46. The van der Waals surface area contributed by atoms with Gasteiger partial charge in [0.15, 0.2) is 0 Å². The molecule has 0 aliphatic heterocycles. The van der Waals surface area contributed by atoms with Gasteiger partial charge in [-0.3, -0.25) is 9.69 Å². The molecule has 0 heterocycles. The third-order valence-corrected chi connectivity index (χ3v) is 3.74. The summed E-state index contributed by atoms with van der Waals surface area (Å²) in [7, 11) is 1.65. The number of hydrogen-bond acceptors (Lipinski definition) is 3. The smallest absolute Gasteiger partial charge is 0.238 e. The number of nitrogens with zero attached hydrogens (tertiary/aromatic N) is 1. The summed E-state index contributed by atoms with van der Waals surface area (Å²) >= 11 is 0. The SMILES string of the molecule is C=CCN(CC(=O)Nc1ccccc1C)Cc1ccc(OC)cc1. The monoisotopic (exact) mass is 324 g/mol. The van der Waals surface area contributed by atoms with Gasteiger partial charge < -0.3 is 10.1 Å². The van der Waals surface area contributed by atoms with Crippen LogP contribution in [-0.2, 0) is 11.3 Å². The van der Waals surface area contributed by atoms with Crippen LogP contribution < -0.4 is 10.1 Å². The van der Waals surface area contributed by atoms with Gasteiger partial charge >= 0.3 is 0 Å². The Labute approximate surface area is 143 Å². The Bertz CT molecular complexity index is 680. The molecular formula is C20H24N2O2. The highest BCUT2D eigenvalue weighted by Gasteiger charge is 2.11. The molecule has 0 spiro atoms. The van der Waals surface area contributed by atoms with Gasteiger partial charge in [0.2, 0.25) is 5.91 Å². The molecule has 0 aliphatic carbocycles. The van der Waals surface area contributed by atoms with Gasteiger partial charge in [0.1, 0.15) is 5.75 Å². The summed E-state index contributed by atoms with van der Waals surface area (Å²) < 4.78 is 5.17. The Morgan fingerprint density at radius 2 is 1.92 bits per heavy atom. The van der Waals surface area contributed by atoms with E-state index in [1.807, 2.05) is 66.4 Å². The number of carbonyl (C=O) groups excluding carboxylic acids is 1. The zero-order valence-corrected chi connectivity index (χ0v) is 14.3. The summed E-state index contributed by atoms with van der Waals surface area (Å²) in [5.41, 5.74) is 3.03. The molecule has 2 aromatic carbocycles. The lowest BCUT2D eigenvalue weighted by molar-refractivity contribution is -0.117. The second kappa shape index (κ2) is 8.89. The molecule has 0 unspecified atom stereocenters. The summed E-state index contributed by atoms with van der Waals surface area (Å²) in [6, 6.07) is 15.6. The van der Waals surface area contributed by atoms with Gasteiger partial charge in [0.25, 0.3) is 0 Å². The fourth-order valence-electron chi connectivity index (χ4n) is 2.46. The maximum atomic E-state index is 12.3. The molecule has 0 fully saturated rings. The highest BCUT2D eigenvalue weighted by molar-refractivity contribution is 5.92. The summed E-state index contributed by atoms with van der Waals surface area (Å²) in [5.74, 6) is 0.797. The van der Waals surface area contributed by atoms with Crippen molar-refractivity contribution in [3.05, 3.63) is 72.3 Å². The molecular weight excluding hydrogens is 300 g/mol.